The van der Waals surface area contributed by atoms with Gasteiger partial charge in [-0.3, -0.25) is 14.5 Å². The fourth-order valence-electron chi connectivity index (χ4n) is 3.47. The first-order valence-corrected chi connectivity index (χ1v) is 12.9. The summed E-state index contributed by atoms with van der Waals surface area (Å²) in [6.45, 7) is 5.87. The molecule has 0 bridgehead atoms. The summed E-state index contributed by atoms with van der Waals surface area (Å²) in [5.74, 6) is 0.121. The fourth-order valence-corrected chi connectivity index (χ4v) is 5.01. The number of halogens is 1. The zero-order valence-electron chi connectivity index (χ0n) is 19.4. The van der Waals surface area contributed by atoms with Gasteiger partial charge in [-0.2, -0.15) is 0 Å². The van der Waals surface area contributed by atoms with E-state index in [0.717, 1.165) is 32.4 Å². The van der Waals surface area contributed by atoms with E-state index in [1.165, 1.54) is 11.8 Å². The molecule has 3 aromatic rings. The van der Waals surface area contributed by atoms with Crippen LogP contribution in [-0.2, 0) is 9.59 Å². The summed E-state index contributed by atoms with van der Waals surface area (Å²) in [7, 11) is 0. The van der Waals surface area contributed by atoms with Crippen LogP contribution in [0.4, 0.5) is 11.4 Å². The number of thiocarbonyl (C=S) groups is 1. The summed E-state index contributed by atoms with van der Waals surface area (Å²) in [5.41, 5.74) is 5.55. The van der Waals surface area contributed by atoms with Crippen molar-refractivity contribution in [2.45, 2.75) is 20.8 Å². The molecule has 1 heterocycles. The normalized spacial score (nSPS) is 14.5. The van der Waals surface area contributed by atoms with E-state index in [2.05, 4.69) is 21.2 Å². The number of amides is 2. The standard InChI is InChI=1S/C27H23BrN2O3S2/c1-16-7-9-21(12-17(16)2)30-26(32)24(35-27(30)34)14-19-5-4-6-22(13-19)33-15-25(31)29-20-8-10-23(28)18(3)11-20/h4-14H,15H2,1-3H3,(H,29,31)/b24-14-. The lowest BCUT2D eigenvalue weighted by atomic mass is 10.1. The van der Waals surface area contributed by atoms with Gasteiger partial charge in [-0.25, -0.2) is 0 Å². The summed E-state index contributed by atoms with van der Waals surface area (Å²) in [4.78, 5) is 27.5. The Morgan fingerprint density at radius 2 is 1.86 bits per heavy atom. The highest BCUT2D eigenvalue weighted by Gasteiger charge is 2.33. The SMILES string of the molecule is Cc1ccc(N2C(=O)/C(=C/c3cccc(OCC(=O)Nc4ccc(Br)c(C)c4)c3)SC2=S)cc1C. The number of carbonyl (C=O) groups excluding carboxylic acids is 2. The van der Waals surface area contributed by atoms with Gasteiger partial charge in [0.1, 0.15) is 5.75 Å². The molecule has 1 aliphatic rings. The number of aryl methyl sites for hydroxylation is 3. The first-order valence-electron chi connectivity index (χ1n) is 10.9. The molecule has 0 unspecified atom stereocenters. The smallest absolute Gasteiger partial charge is 0.270 e. The van der Waals surface area contributed by atoms with Gasteiger partial charge in [0, 0.05) is 10.2 Å². The molecule has 2 amide bonds. The molecule has 1 aliphatic heterocycles. The summed E-state index contributed by atoms with van der Waals surface area (Å²) in [6, 6.07) is 18.7. The van der Waals surface area contributed by atoms with Crippen molar-refractivity contribution < 1.29 is 14.3 Å². The molecule has 4 rings (SSSR count). The Labute approximate surface area is 222 Å². The molecule has 0 atom stereocenters. The Morgan fingerprint density at radius 1 is 1.06 bits per heavy atom. The highest BCUT2D eigenvalue weighted by atomic mass is 79.9. The molecule has 1 saturated heterocycles. The quantitative estimate of drug-likeness (QED) is 0.262. The van der Waals surface area contributed by atoms with Crippen molar-refractivity contribution in [1.82, 2.24) is 0 Å². The van der Waals surface area contributed by atoms with Gasteiger partial charge in [0.15, 0.2) is 10.9 Å². The van der Waals surface area contributed by atoms with Crippen LogP contribution in [0.15, 0.2) is 70.0 Å². The first kappa shape index (κ1) is 25.2. The average Bonchev–Trinajstić information content (AvgIpc) is 3.09. The number of nitrogens with zero attached hydrogens (tertiary/aromatic N) is 1. The second-order valence-electron chi connectivity index (χ2n) is 8.16. The molecular weight excluding hydrogens is 544 g/mol. The van der Waals surface area contributed by atoms with Crippen molar-refractivity contribution in [3.63, 3.8) is 0 Å². The summed E-state index contributed by atoms with van der Waals surface area (Å²) in [6.07, 6.45) is 1.79. The van der Waals surface area contributed by atoms with Gasteiger partial charge in [-0.05, 0) is 91.6 Å². The Kier molecular flexibility index (Phi) is 7.74. The Morgan fingerprint density at radius 3 is 2.60 bits per heavy atom. The van der Waals surface area contributed by atoms with Crippen molar-refractivity contribution >= 4 is 73.5 Å². The van der Waals surface area contributed by atoms with Gasteiger partial charge >= 0.3 is 0 Å². The highest BCUT2D eigenvalue weighted by Crippen LogP contribution is 2.36. The molecule has 3 aromatic carbocycles. The van der Waals surface area contributed by atoms with Gasteiger partial charge < -0.3 is 10.1 Å². The second kappa shape index (κ2) is 10.8. The van der Waals surface area contributed by atoms with Crippen LogP contribution in [0, 0.1) is 20.8 Å². The molecule has 5 nitrogen and oxygen atoms in total. The van der Waals surface area contributed by atoms with Crippen LogP contribution >= 0.6 is 39.9 Å². The second-order valence-corrected chi connectivity index (χ2v) is 10.7. The average molecular weight is 568 g/mol. The third-order valence-corrected chi connectivity index (χ3v) is 7.70. The number of rotatable bonds is 6. The van der Waals surface area contributed by atoms with Crippen molar-refractivity contribution in [2.75, 3.05) is 16.8 Å². The zero-order valence-corrected chi connectivity index (χ0v) is 22.6. The maximum absolute atomic E-state index is 13.1. The van der Waals surface area contributed by atoms with Crippen LogP contribution < -0.4 is 15.0 Å². The van der Waals surface area contributed by atoms with Crippen molar-refractivity contribution in [3.8, 4) is 5.75 Å². The van der Waals surface area contributed by atoms with Gasteiger partial charge in [0.05, 0.1) is 10.6 Å². The van der Waals surface area contributed by atoms with E-state index in [0.29, 0.717) is 20.7 Å². The minimum absolute atomic E-state index is 0.131. The summed E-state index contributed by atoms with van der Waals surface area (Å²) < 4.78 is 7.16. The Bertz CT molecular complexity index is 1370. The van der Waals surface area contributed by atoms with Crippen LogP contribution in [0.2, 0.25) is 0 Å². The van der Waals surface area contributed by atoms with Crippen LogP contribution in [0.3, 0.4) is 0 Å². The first-order chi connectivity index (χ1) is 16.7. The maximum Gasteiger partial charge on any atom is 0.270 e. The number of benzene rings is 3. The van der Waals surface area contributed by atoms with Gasteiger partial charge in [0.25, 0.3) is 11.8 Å². The van der Waals surface area contributed by atoms with E-state index < -0.39 is 0 Å². The molecule has 0 aliphatic carbocycles. The van der Waals surface area contributed by atoms with Crippen LogP contribution in [0.1, 0.15) is 22.3 Å². The van der Waals surface area contributed by atoms with Crippen molar-refractivity contribution in [1.29, 1.82) is 0 Å². The zero-order chi connectivity index (χ0) is 25.1. The van der Waals surface area contributed by atoms with E-state index in [1.807, 2.05) is 69.3 Å². The van der Waals surface area contributed by atoms with Gasteiger partial charge in [-0.15, -0.1) is 0 Å². The molecule has 0 spiro atoms. The number of hydrogen-bond acceptors (Lipinski definition) is 5. The van der Waals surface area contributed by atoms with E-state index in [1.54, 1.807) is 23.1 Å². The number of hydrogen-bond donors (Lipinski definition) is 1. The van der Waals surface area contributed by atoms with E-state index >= 15 is 0 Å². The number of carbonyl (C=O) groups is 2. The third-order valence-electron chi connectivity index (χ3n) is 5.51. The van der Waals surface area contributed by atoms with Gasteiger partial charge in [0.2, 0.25) is 0 Å². The van der Waals surface area contributed by atoms with E-state index in [-0.39, 0.29) is 18.4 Å². The highest BCUT2D eigenvalue weighted by molar-refractivity contribution is 9.10. The number of nitrogens with one attached hydrogen (secondary N) is 1. The predicted octanol–water partition coefficient (Wildman–Crippen LogP) is 6.80. The third kappa shape index (κ3) is 6.01. The maximum atomic E-state index is 13.1. The van der Waals surface area contributed by atoms with Crippen molar-refractivity contribution in [3.05, 3.63) is 92.3 Å². The van der Waals surface area contributed by atoms with E-state index in [4.69, 9.17) is 17.0 Å². The lowest BCUT2D eigenvalue weighted by molar-refractivity contribution is -0.118. The fraction of sp³-hybridized carbons (Fsp3) is 0.148. The Hall–Kier alpha value is -2.94. The topological polar surface area (TPSA) is 58.6 Å². The summed E-state index contributed by atoms with van der Waals surface area (Å²) >= 11 is 10.2. The molecule has 1 N–H and O–H groups in total. The van der Waals surface area contributed by atoms with Crippen LogP contribution in [-0.4, -0.2) is 22.7 Å². The summed E-state index contributed by atoms with van der Waals surface area (Å²) in [5, 5.41) is 2.83. The predicted molar refractivity (Wildman–Crippen MR) is 151 cm³/mol. The molecule has 0 saturated carbocycles. The lowest BCUT2D eigenvalue weighted by Gasteiger charge is -2.15. The minimum atomic E-state index is -0.258. The van der Waals surface area contributed by atoms with Crippen molar-refractivity contribution in [2.24, 2.45) is 0 Å². The number of ether oxygens (including phenoxy) is 1. The molecule has 0 radical (unpaired) electrons. The van der Waals surface area contributed by atoms with E-state index in [9.17, 15) is 9.59 Å². The number of thioether (sulfide) groups is 1. The van der Waals surface area contributed by atoms with Crippen LogP contribution in [0.25, 0.3) is 6.08 Å². The minimum Gasteiger partial charge on any atom is -0.484 e. The molecular formula is C27H23BrN2O3S2. The molecule has 1 fully saturated rings. The van der Waals surface area contributed by atoms with Crippen LogP contribution in [0.5, 0.6) is 5.75 Å². The van der Waals surface area contributed by atoms with Gasteiger partial charge in [-0.1, -0.05) is 58.1 Å². The molecule has 8 heteroatoms. The monoisotopic (exact) mass is 566 g/mol. The molecule has 178 valence electrons. The Balaban J connectivity index is 1.43. The molecule has 0 aromatic heterocycles. The number of anilines is 2. The largest absolute Gasteiger partial charge is 0.484 e. The lowest BCUT2D eigenvalue weighted by Crippen LogP contribution is -2.27. The molecule has 35 heavy (non-hydrogen) atoms.